The number of benzene rings is 1. The van der Waals surface area contributed by atoms with Crippen LogP contribution in [0, 0.1) is 5.92 Å². The summed E-state index contributed by atoms with van der Waals surface area (Å²) in [5.74, 6) is 0.968. The van der Waals surface area contributed by atoms with Gasteiger partial charge in [0.1, 0.15) is 5.75 Å². The maximum absolute atomic E-state index is 13.0. The summed E-state index contributed by atoms with van der Waals surface area (Å²) in [5, 5.41) is 0. The van der Waals surface area contributed by atoms with E-state index in [1.54, 1.807) is 30.5 Å². The van der Waals surface area contributed by atoms with Crippen molar-refractivity contribution in [2.45, 2.75) is 33.0 Å². The summed E-state index contributed by atoms with van der Waals surface area (Å²) in [6, 6.07) is 11.4. The first-order valence-electron chi connectivity index (χ1n) is 10.6. The van der Waals surface area contributed by atoms with Crippen molar-refractivity contribution >= 4 is 11.8 Å². The van der Waals surface area contributed by atoms with Gasteiger partial charge in [0.15, 0.2) is 0 Å². The maximum Gasteiger partial charge on any atom is 0.242 e. The molecule has 1 fully saturated rings. The van der Waals surface area contributed by atoms with Gasteiger partial charge in [-0.05, 0) is 35.2 Å². The first kappa shape index (κ1) is 22.7. The van der Waals surface area contributed by atoms with E-state index in [2.05, 4.69) is 18.8 Å². The zero-order valence-corrected chi connectivity index (χ0v) is 18.5. The summed E-state index contributed by atoms with van der Waals surface area (Å²) in [4.78, 5) is 33.3. The predicted molar refractivity (Wildman–Crippen MR) is 118 cm³/mol. The number of carbonyl (C=O) groups excluding carboxylic acids is 2. The fourth-order valence-corrected chi connectivity index (χ4v) is 3.66. The average Bonchev–Trinajstić information content (AvgIpc) is 2.91. The molecule has 31 heavy (non-hydrogen) atoms. The zero-order valence-electron chi connectivity index (χ0n) is 18.5. The Kier molecular flexibility index (Phi) is 8.00. The number of rotatable bonds is 8. The summed E-state index contributed by atoms with van der Waals surface area (Å²) >= 11 is 0. The normalized spacial score (nSPS) is 17.0. The Balaban J connectivity index is 1.71. The van der Waals surface area contributed by atoms with Crippen LogP contribution in [0.1, 0.15) is 25.0 Å². The first-order valence-corrected chi connectivity index (χ1v) is 10.6. The summed E-state index contributed by atoms with van der Waals surface area (Å²) < 4.78 is 11.5. The Morgan fingerprint density at radius 1 is 1.19 bits per heavy atom. The molecular formula is C24H31N3O4. The van der Waals surface area contributed by atoms with Crippen molar-refractivity contribution in [3.05, 3.63) is 59.9 Å². The lowest BCUT2D eigenvalue weighted by molar-refractivity contribution is -0.138. The second-order valence-corrected chi connectivity index (χ2v) is 8.29. The van der Waals surface area contributed by atoms with E-state index in [4.69, 9.17) is 9.47 Å². The lowest BCUT2D eigenvalue weighted by atomic mass is 10.2. The summed E-state index contributed by atoms with van der Waals surface area (Å²) in [5.41, 5.74) is 1.82. The molecule has 1 aliphatic heterocycles. The highest BCUT2D eigenvalue weighted by atomic mass is 16.5. The van der Waals surface area contributed by atoms with Crippen molar-refractivity contribution in [1.29, 1.82) is 0 Å². The molecule has 1 aromatic carbocycles. The van der Waals surface area contributed by atoms with E-state index in [1.807, 2.05) is 35.2 Å². The third-order valence-electron chi connectivity index (χ3n) is 5.16. The van der Waals surface area contributed by atoms with Gasteiger partial charge in [-0.2, -0.15) is 0 Å². The number of amides is 2. The molecule has 0 saturated carbocycles. The monoisotopic (exact) mass is 425 g/mol. The molecule has 7 heteroatoms. The highest BCUT2D eigenvalue weighted by Gasteiger charge is 2.31. The van der Waals surface area contributed by atoms with Crippen LogP contribution < -0.4 is 4.74 Å². The van der Waals surface area contributed by atoms with Crippen LogP contribution in [0.25, 0.3) is 0 Å². The lowest BCUT2D eigenvalue weighted by Gasteiger charge is -2.26. The lowest BCUT2D eigenvalue weighted by Crippen LogP contribution is -2.41. The molecule has 0 N–H and O–H groups in total. The molecule has 7 nitrogen and oxygen atoms in total. The second kappa shape index (κ2) is 10.9. The second-order valence-electron chi connectivity index (χ2n) is 8.29. The van der Waals surface area contributed by atoms with Gasteiger partial charge in [0.05, 0.1) is 32.8 Å². The quantitative estimate of drug-likeness (QED) is 0.650. The number of aromatic nitrogens is 1. The Morgan fingerprint density at radius 3 is 2.71 bits per heavy atom. The van der Waals surface area contributed by atoms with Crippen LogP contribution in [-0.4, -0.2) is 66.0 Å². The number of carbonyl (C=O) groups is 2. The Hall–Kier alpha value is -2.93. The molecular weight excluding hydrogens is 394 g/mol. The van der Waals surface area contributed by atoms with Crippen LogP contribution >= 0.6 is 0 Å². The molecule has 1 aliphatic rings. The predicted octanol–water partition coefficient (Wildman–Crippen LogP) is 2.54. The zero-order chi connectivity index (χ0) is 22.2. The molecule has 1 atom stereocenters. The Morgan fingerprint density at radius 2 is 2.00 bits per heavy atom. The van der Waals surface area contributed by atoms with Crippen molar-refractivity contribution in [2.24, 2.45) is 5.92 Å². The Bertz CT molecular complexity index is 872. The van der Waals surface area contributed by atoms with Gasteiger partial charge in [-0.15, -0.1) is 0 Å². The Labute approximate surface area is 184 Å². The molecule has 0 aliphatic carbocycles. The van der Waals surface area contributed by atoms with Gasteiger partial charge in [0.25, 0.3) is 0 Å². The highest BCUT2D eigenvalue weighted by Crippen LogP contribution is 2.17. The van der Waals surface area contributed by atoms with Crippen molar-refractivity contribution in [3.8, 4) is 5.75 Å². The summed E-state index contributed by atoms with van der Waals surface area (Å²) in [7, 11) is 1.63. The van der Waals surface area contributed by atoms with Crippen molar-refractivity contribution < 1.29 is 19.1 Å². The molecule has 1 saturated heterocycles. The van der Waals surface area contributed by atoms with Crippen LogP contribution in [0.15, 0.2) is 48.8 Å². The fraction of sp³-hybridized carbons (Fsp3) is 0.458. The van der Waals surface area contributed by atoms with Crippen molar-refractivity contribution in [2.75, 3.05) is 33.3 Å². The molecule has 2 amide bonds. The van der Waals surface area contributed by atoms with E-state index in [1.165, 1.54) is 0 Å². The molecule has 0 radical (unpaired) electrons. The number of methoxy groups -OCH3 is 1. The van der Waals surface area contributed by atoms with Crippen LogP contribution in [0.2, 0.25) is 0 Å². The van der Waals surface area contributed by atoms with Crippen LogP contribution in [-0.2, 0) is 27.4 Å². The molecule has 1 aromatic heterocycles. The third-order valence-corrected chi connectivity index (χ3v) is 5.16. The fourth-order valence-electron chi connectivity index (χ4n) is 3.66. The molecule has 0 unspecified atom stereocenters. The summed E-state index contributed by atoms with van der Waals surface area (Å²) in [6.45, 7) is 6.11. The SMILES string of the molecule is COc1cccc(CO[C@H]2CN(C(=O)Cc3cccnc3)CC(=O)N(CC(C)C)C2)c1. The number of hydrogen-bond donors (Lipinski definition) is 0. The molecule has 0 bridgehead atoms. The topological polar surface area (TPSA) is 72.0 Å². The first-order chi connectivity index (χ1) is 14.9. The van der Waals surface area contributed by atoms with Gasteiger partial charge in [-0.1, -0.05) is 32.0 Å². The van der Waals surface area contributed by atoms with E-state index in [9.17, 15) is 9.59 Å². The van der Waals surface area contributed by atoms with E-state index in [-0.39, 0.29) is 30.9 Å². The average molecular weight is 426 g/mol. The van der Waals surface area contributed by atoms with Gasteiger partial charge in [0, 0.05) is 32.0 Å². The molecule has 166 valence electrons. The third kappa shape index (κ3) is 6.79. The van der Waals surface area contributed by atoms with Gasteiger partial charge in [0.2, 0.25) is 11.8 Å². The summed E-state index contributed by atoms with van der Waals surface area (Å²) in [6.07, 6.45) is 3.30. The van der Waals surface area contributed by atoms with Gasteiger partial charge in [-0.3, -0.25) is 14.6 Å². The molecule has 2 aromatic rings. The van der Waals surface area contributed by atoms with Gasteiger partial charge < -0.3 is 19.3 Å². The van der Waals surface area contributed by atoms with Crippen LogP contribution in [0.3, 0.4) is 0 Å². The number of ether oxygens (including phenoxy) is 2. The standard InChI is InChI=1S/C24H31N3O4/c1-18(2)13-26-14-22(31-17-20-6-4-8-21(10-20)30-3)15-27(16-24(26)29)23(28)11-19-7-5-9-25-12-19/h4-10,12,18,22H,11,13-17H2,1-3H3/t22-/m1/s1. The minimum atomic E-state index is -0.269. The smallest absolute Gasteiger partial charge is 0.242 e. The van der Waals surface area contributed by atoms with E-state index < -0.39 is 0 Å². The molecule has 3 rings (SSSR count). The number of nitrogens with zero attached hydrogens (tertiary/aromatic N) is 3. The minimum absolute atomic E-state index is 0.0410. The van der Waals surface area contributed by atoms with Crippen LogP contribution in [0.4, 0.5) is 0 Å². The van der Waals surface area contributed by atoms with Crippen molar-refractivity contribution in [1.82, 2.24) is 14.8 Å². The highest BCUT2D eigenvalue weighted by molar-refractivity contribution is 5.86. The van der Waals surface area contributed by atoms with E-state index in [0.29, 0.717) is 32.2 Å². The molecule has 0 spiro atoms. The van der Waals surface area contributed by atoms with Gasteiger partial charge >= 0.3 is 0 Å². The van der Waals surface area contributed by atoms with Crippen molar-refractivity contribution in [3.63, 3.8) is 0 Å². The number of hydrogen-bond acceptors (Lipinski definition) is 5. The van der Waals surface area contributed by atoms with E-state index >= 15 is 0 Å². The van der Waals surface area contributed by atoms with E-state index in [0.717, 1.165) is 16.9 Å². The van der Waals surface area contributed by atoms with Crippen LogP contribution in [0.5, 0.6) is 5.75 Å². The number of pyridine rings is 1. The minimum Gasteiger partial charge on any atom is -0.497 e. The molecule has 2 heterocycles. The maximum atomic E-state index is 13.0. The largest absolute Gasteiger partial charge is 0.497 e. The van der Waals surface area contributed by atoms with Gasteiger partial charge in [-0.25, -0.2) is 0 Å².